The molecule has 5 N–H and O–H groups in total. The molecule has 3 amide bonds. The zero-order valence-corrected chi connectivity index (χ0v) is 10.5. The number of carboxylic acid groups (broad SMARTS) is 1. The first-order chi connectivity index (χ1) is 8.89. The molecule has 0 radical (unpaired) electrons. The van der Waals surface area contributed by atoms with Crippen molar-refractivity contribution in [3.63, 3.8) is 0 Å². The second-order valence-electron chi connectivity index (χ2n) is 5.22. The minimum Gasteiger partial charge on any atom is -0.480 e. The summed E-state index contributed by atoms with van der Waals surface area (Å²) in [5.74, 6) is -1.52. The van der Waals surface area contributed by atoms with E-state index in [2.05, 4.69) is 10.6 Å². The lowest BCUT2D eigenvalue weighted by Gasteiger charge is -2.19. The third kappa shape index (κ3) is 3.65. The van der Waals surface area contributed by atoms with Crippen molar-refractivity contribution in [3.05, 3.63) is 0 Å². The summed E-state index contributed by atoms with van der Waals surface area (Å²) in [6.45, 7) is 0.519. The number of hydrogen-bond donors (Lipinski definition) is 4. The Morgan fingerprint density at radius 3 is 2.58 bits per heavy atom. The van der Waals surface area contributed by atoms with Gasteiger partial charge in [-0.2, -0.15) is 0 Å². The molecule has 0 aromatic rings. The van der Waals surface area contributed by atoms with E-state index in [0.717, 1.165) is 12.8 Å². The van der Waals surface area contributed by atoms with Crippen molar-refractivity contribution in [2.75, 3.05) is 19.6 Å². The summed E-state index contributed by atoms with van der Waals surface area (Å²) in [7, 11) is 0. The topological polar surface area (TPSA) is 125 Å². The number of aliphatic carboxylic acids is 1. The first-order valence-electron chi connectivity index (χ1n) is 6.24. The van der Waals surface area contributed by atoms with Crippen LogP contribution in [0.5, 0.6) is 0 Å². The predicted molar refractivity (Wildman–Crippen MR) is 65.3 cm³/mol. The summed E-state index contributed by atoms with van der Waals surface area (Å²) in [5, 5.41) is 13.8. The number of likely N-dealkylation sites (tertiary alicyclic amines) is 1. The van der Waals surface area contributed by atoms with Gasteiger partial charge in [-0.3, -0.25) is 19.8 Å². The first kappa shape index (κ1) is 13.8. The molecule has 2 fully saturated rings. The van der Waals surface area contributed by atoms with Gasteiger partial charge in [0.15, 0.2) is 0 Å². The fraction of sp³-hybridized carbons (Fsp3) is 0.727. The lowest BCUT2D eigenvalue weighted by molar-refractivity contribution is -0.143. The van der Waals surface area contributed by atoms with Crippen LogP contribution in [0.15, 0.2) is 0 Å². The molecule has 8 heteroatoms. The number of carbonyl (C=O) groups excluding carboxylic acids is 2. The summed E-state index contributed by atoms with van der Waals surface area (Å²) in [6.07, 6.45) is 2.19. The monoisotopic (exact) mass is 270 g/mol. The third-order valence-corrected chi connectivity index (χ3v) is 3.34. The van der Waals surface area contributed by atoms with E-state index in [9.17, 15) is 14.4 Å². The van der Waals surface area contributed by atoms with E-state index in [-0.39, 0.29) is 19.1 Å². The first-order valence-corrected chi connectivity index (χ1v) is 6.24. The zero-order chi connectivity index (χ0) is 14.0. The Morgan fingerprint density at radius 2 is 2.05 bits per heavy atom. The quantitative estimate of drug-likeness (QED) is 0.491. The van der Waals surface area contributed by atoms with Gasteiger partial charge in [0, 0.05) is 19.1 Å². The molecule has 1 atom stereocenters. The number of amides is 3. The maximum atomic E-state index is 11.6. The average molecular weight is 270 g/mol. The number of carboxylic acids is 1. The number of rotatable bonds is 4. The smallest absolute Gasteiger partial charge is 0.325 e. The van der Waals surface area contributed by atoms with Crippen molar-refractivity contribution in [1.29, 1.82) is 0 Å². The fourth-order valence-corrected chi connectivity index (χ4v) is 2.04. The maximum Gasteiger partial charge on any atom is 0.325 e. The van der Waals surface area contributed by atoms with Gasteiger partial charge in [-0.05, 0) is 19.3 Å². The van der Waals surface area contributed by atoms with Crippen LogP contribution in [0.2, 0.25) is 0 Å². The average Bonchev–Trinajstić information content (AvgIpc) is 3.01. The maximum absolute atomic E-state index is 11.6. The van der Waals surface area contributed by atoms with Gasteiger partial charge in [-0.1, -0.05) is 0 Å². The van der Waals surface area contributed by atoms with Crippen LogP contribution in [0.25, 0.3) is 0 Å². The van der Waals surface area contributed by atoms with Crippen molar-refractivity contribution in [3.8, 4) is 0 Å². The molecule has 1 saturated carbocycles. The Kier molecular flexibility index (Phi) is 3.72. The second-order valence-corrected chi connectivity index (χ2v) is 5.22. The summed E-state index contributed by atoms with van der Waals surface area (Å²) in [5.41, 5.74) is 4.40. The second kappa shape index (κ2) is 5.14. The standard InChI is InChI=1S/C11H18N4O4/c12-11(9(17)18)3-4-15(6-11)5-8(16)14-10(19)13-7-1-2-7/h7H,1-6,12H2,(H,17,18)(H2,13,14,16,19). The van der Waals surface area contributed by atoms with Gasteiger partial charge < -0.3 is 16.2 Å². The highest BCUT2D eigenvalue weighted by Crippen LogP contribution is 2.19. The molecule has 19 heavy (non-hydrogen) atoms. The predicted octanol–water partition coefficient (Wildman–Crippen LogP) is -1.54. The number of imide groups is 1. The number of hydrogen-bond acceptors (Lipinski definition) is 5. The lowest BCUT2D eigenvalue weighted by atomic mass is 10.0. The highest BCUT2D eigenvalue weighted by molar-refractivity contribution is 5.95. The van der Waals surface area contributed by atoms with Gasteiger partial charge in [0.25, 0.3) is 0 Å². The van der Waals surface area contributed by atoms with Crippen molar-refractivity contribution in [2.24, 2.45) is 5.73 Å². The Hall–Kier alpha value is -1.67. The molecule has 2 rings (SSSR count). The van der Waals surface area contributed by atoms with Gasteiger partial charge in [-0.15, -0.1) is 0 Å². The molecule has 0 spiro atoms. The minimum atomic E-state index is -1.30. The fourth-order valence-electron chi connectivity index (χ4n) is 2.04. The molecule has 2 aliphatic rings. The van der Waals surface area contributed by atoms with E-state index in [4.69, 9.17) is 10.8 Å². The van der Waals surface area contributed by atoms with Crippen LogP contribution in [0.4, 0.5) is 4.79 Å². The van der Waals surface area contributed by atoms with Crippen LogP contribution in [-0.2, 0) is 9.59 Å². The van der Waals surface area contributed by atoms with E-state index in [1.807, 2.05) is 0 Å². The van der Waals surface area contributed by atoms with E-state index in [1.165, 1.54) is 0 Å². The van der Waals surface area contributed by atoms with E-state index in [1.54, 1.807) is 4.90 Å². The molecule has 8 nitrogen and oxygen atoms in total. The zero-order valence-electron chi connectivity index (χ0n) is 10.5. The molecule has 106 valence electrons. The van der Waals surface area contributed by atoms with Gasteiger partial charge in [0.2, 0.25) is 5.91 Å². The van der Waals surface area contributed by atoms with Gasteiger partial charge >= 0.3 is 12.0 Å². The minimum absolute atomic E-state index is 0.0235. The van der Waals surface area contributed by atoms with Crippen molar-refractivity contribution >= 4 is 17.9 Å². The molecular weight excluding hydrogens is 252 g/mol. The van der Waals surface area contributed by atoms with Crippen molar-refractivity contribution in [1.82, 2.24) is 15.5 Å². The van der Waals surface area contributed by atoms with E-state index >= 15 is 0 Å². The van der Waals surface area contributed by atoms with Crippen LogP contribution in [-0.4, -0.2) is 59.1 Å². The van der Waals surface area contributed by atoms with Gasteiger partial charge in [0.1, 0.15) is 5.54 Å². The molecule has 1 saturated heterocycles. The number of nitrogens with two attached hydrogens (primary N) is 1. The van der Waals surface area contributed by atoms with Crippen LogP contribution in [0.1, 0.15) is 19.3 Å². The van der Waals surface area contributed by atoms with Gasteiger partial charge in [0.05, 0.1) is 6.54 Å². The van der Waals surface area contributed by atoms with Crippen LogP contribution >= 0.6 is 0 Å². The SMILES string of the molecule is NC1(C(=O)O)CCN(CC(=O)NC(=O)NC2CC2)C1. The molecule has 0 bridgehead atoms. The molecule has 1 unspecified atom stereocenters. The highest BCUT2D eigenvalue weighted by Gasteiger charge is 2.41. The molecule has 1 heterocycles. The summed E-state index contributed by atoms with van der Waals surface area (Å²) in [4.78, 5) is 35.5. The van der Waals surface area contributed by atoms with Crippen LogP contribution in [0.3, 0.4) is 0 Å². The molecular formula is C11H18N4O4. The summed E-state index contributed by atoms with van der Waals surface area (Å²) < 4.78 is 0. The number of urea groups is 1. The van der Waals surface area contributed by atoms with Crippen LogP contribution < -0.4 is 16.4 Å². The van der Waals surface area contributed by atoms with Crippen molar-refractivity contribution < 1.29 is 19.5 Å². The summed E-state index contributed by atoms with van der Waals surface area (Å²) in [6, 6.07) is -0.313. The van der Waals surface area contributed by atoms with E-state index < -0.39 is 23.4 Å². The lowest BCUT2D eigenvalue weighted by Crippen LogP contribution is -2.51. The van der Waals surface area contributed by atoms with Gasteiger partial charge in [-0.25, -0.2) is 4.79 Å². The number of nitrogens with zero attached hydrogens (tertiary/aromatic N) is 1. The number of nitrogens with one attached hydrogen (secondary N) is 2. The molecule has 1 aliphatic heterocycles. The normalized spacial score (nSPS) is 27.0. The highest BCUT2D eigenvalue weighted by atomic mass is 16.4. The Labute approximate surface area is 110 Å². The Morgan fingerprint density at radius 1 is 1.37 bits per heavy atom. The summed E-state index contributed by atoms with van der Waals surface area (Å²) >= 11 is 0. The Bertz CT molecular complexity index is 409. The third-order valence-electron chi connectivity index (χ3n) is 3.34. The molecule has 1 aliphatic carbocycles. The van der Waals surface area contributed by atoms with Crippen LogP contribution in [0, 0.1) is 0 Å². The largest absolute Gasteiger partial charge is 0.480 e. The number of carbonyl (C=O) groups is 3. The molecule has 0 aromatic heterocycles. The van der Waals surface area contributed by atoms with E-state index in [0.29, 0.717) is 13.0 Å². The molecule has 0 aromatic carbocycles. The van der Waals surface area contributed by atoms with Crippen molar-refractivity contribution in [2.45, 2.75) is 30.8 Å². The Balaban J connectivity index is 1.74.